The first-order valence-electron chi connectivity index (χ1n) is 7.17. The highest BCUT2D eigenvalue weighted by atomic mass is 32.1. The molecule has 0 saturated carbocycles. The summed E-state index contributed by atoms with van der Waals surface area (Å²) < 4.78 is 0. The Kier molecular flexibility index (Phi) is 5.47. The standard InChI is InChI=1S/C16H21N3OS/c1-3-5-13(9-17)16(20)19-14-7-4-6-12(8-14)15-10-21-11(2)18-15/h4,6-8,10,13H,3,5,9,17H2,1-2H3,(H,19,20). The zero-order chi connectivity index (χ0) is 15.2. The van der Waals surface area contributed by atoms with Crippen LogP contribution in [-0.4, -0.2) is 17.4 Å². The molecule has 2 rings (SSSR count). The summed E-state index contributed by atoms with van der Waals surface area (Å²) in [7, 11) is 0. The van der Waals surface area contributed by atoms with Gasteiger partial charge in [-0.2, -0.15) is 0 Å². The minimum Gasteiger partial charge on any atom is -0.330 e. The number of amides is 1. The lowest BCUT2D eigenvalue weighted by Crippen LogP contribution is -2.29. The molecule has 1 unspecified atom stereocenters. The van der Waals surface area contributed by atoms with Gasteiger partial charge in [-0.3, -0.25) is 4.79 Å². The third-order valence-corrected chi connectivity index (χ3v) is 4.11. The average molecular weight is 303 g/mol. The molecule has 0 spiro atoms. The van der Waals surface area contributed by atoms with Crippen molar-refractivity contribution in [2.45, 2.75) is 26.7 Å². The molecule has 112 valence electrons. The van der Waals surface area contributed by atoms with Crippen molar-refractivity contribution in [2.24, 2.45) is 11.7 Å². The first-order valence-corrected chi connectivity index (χ1v) is 8.05. The van der Waals surface area contributed by atoms with Gasteiger partial charge >= 0.3 is 0 Å². The van der Waals surface area contributed by atoms with Gasteiger partial charge in [0.15, 0.2) is 0 Å². The number of nitrogens with zero attached hydrogens (tertiary/aromatic N) is 1. The number of benzene rings is 1. The molecule has 5 heteroatoms. The molecule has 3 N–H and O–H groups in total. The summed E-state index contributed by atoms with van der Waals surface area (Å²) in [6.07, 6.45) is 1.76. The predicted molar refractivity (Wildman–Crippen MR) is 88.4 cm³/mol. The van der Waals surface area contributed by atoms with Crippen LogP contribution in [-0.2, 0) is 4.79 Å². The number of carbonyl (C=O) groups is 1. The summed E-state index contributed by atoms with van der Waals surface area (Å²) in [6, 6.07) is 7.76. The van der Waals surface area contributed by atoms with E-state index in [0.29, 0.717) is 6.54 Å². The molecule has 0 bridgehead atoms. The fourth-order valence-electron chi connectivity index (χ4n) is 2.20. The first kappa shape index (κ1) is 15.7. The van der Waals surface area contributed by atoms with Gasteiger partial charge in [0.25, 0.3) is 0 Å². The highest BCUT2D eigenvalue weighted by Crippen LogP contribution is 2.24. The lowest BCUT2D eigenvalue weighted by Gasteiger charge is -2.14. The molecule has 0 radical (unpaired) electrons. The highest BCUT2D eigenvalue weighted by molar-refractivity contribution is 7.09. The maximum atomic E-state index is 12.2. The van der Waals surface area contributed by atoms with Crippen LogP contribution in [0.5, 0.6) is 0 Å². The minimum absolute atomic E-state index is 0.00837. The van der Waals surface area contributed by atoms with Gasteiger partial charge in [0, 0.05) is 23.2 Å². The predicted octanol–water partition coefficient (Wildman–Crippen LogP) is 3.43. The fourth-order valence-corrected chi connectivity index (χ4v) is 2.82. The molecule has 0 aliphatic carbocycles. The molecule has 1 aromatic heterocycles. The number of thiazole rings is 1. The van der Waals surface area contributed by atoms with Crippen molar-refractivity contribution < 1.29 is 4.79 Å². The number of nitrogens with two attached hydrogens (primary N) is 1. The van der Waals surface area contributed by atoms with Gasteiger partial charge in [-0.1, -0.05) is 25.5 Å². The third-order valence-electron chi connectivity index (χ3n) is 3.34. The minimum atomic E-state index is -0.125. The van der Waals surface area contributed by atoms with Crippen LogP contribution in [0.25, 0.3) is 11.3 Å². The molecule has 4 nitrogen and oxygen atoms in total. The zero-order valence-electron chi connectivity index (χ0n) is 12.4. The summed E-state index contributed by atoms with van der Waals surface area (Å²) in [6.45, 7) is 4.42. The second-order valence-corrected chi connectivity index (χ2v) is 6.11. The molecule has 0 saturated heterocycles. The number of aryl methyl sites for hydroxylation is 1. The van der Waals surface area contributed by atoms with Crippen molar-refractivity contribution in [3.63, 3.8) is 0 Å². The van der Waals surface area contributed by atoms with Crippen molar-refractivity contribution in [2.75, 3.05) is 11.9 Å². The smallest absolute Gasteiger partial charge is 0.228 e. The number of nitrogens with one attached hydrogen (secondary N) is 1. The van der Waals surface area contributed by atoms with Crippen molar-refractivity contribution in [1.82, 2.24) is 4.98 Å². The van der Waals surface area contributed by atoms with Gasteiger partial charge in [-0.15, -0.1) is 11.3 Å². The quantitative estimate of drug-likeness (QED) is 0.859. The summed E-state index contributed by atoms with van der Waals surface area (Å²) in [5.41, 5.74) is 8.41. The Labute approximate surface area is 129 Å². The van der Waals surface area contributed by atoms with E-state index in [0.717, 1.165) is 34.8 Å². The summed E-state index contributed by atoms with van der Waals surface area (Å²) >= 11 is 1.62. The highest BCUT2D eigenvalue weighted by Gasteiger charge is 2.16. The second-order valence-electron chi connectivity index (χ2n) is 5.04. The van der Waals surface area contributed by atoms with Crippen LogP contribution in [0.3, 0.4) is 0 Å². The Hall–Kier alpha value is -1.72. The maximum Gasteiger partial charge on any atom is 0.228 e. The fraction of sp³-hybridized carbons (Fsp3) is 0.375. The normalized spacial score (nSPS) is 12.1. The molecule has 2 aromatic rings. The molecule has 1 heterocycles. The Bertz CT molecular complexity index is 609. The van der Waals surface area contributed by atoms with Crippen molar-refractivity contribution in [1.29, 1.82) is 0 Å². The van der Waals surface area contributed by atoms with Crippen molar-refractivity contribution >= 4 is 22.9 Å². The Morgan fingerprint density at radius 1 is 1.48 bits per heavy atom. The van der Waals surface area contributed by atoms with E-state index in [1.165, 1.54) is 0 Å². The average Bonchev–Trinajstić information content (AvgIpc) is 2.91. The Balaban J connectivity index is 2.12. The van der Waals surface area contributed by atoms with Crippen LogP contribution in [0.1, 0.15) is 24.8 Å². The van der Waals surface area contributed by atoms with Crippen LogP contribution >= 0.6 is 11.3 Å². The molecule has 0 fully saturated rings. The van der Waals surface area contributed by atoms with Crippen LogP contribution in [0, 0.1) is 12.8 Å². The van der Waals surface area contributed by atoms with Crippen LogP contribution in [0.15, 0.2) is 29.6 Å². The zero-order valence-corrected chi connectivity index (χ0v) is 13.2. The third kappa shape index (κ3) is 4.12. The summed E-state index contributed by atoms with van der Waals surface area (Å²) in [5, 5.41) is 6.01. The van der Waals surface area contributed by atoms with E-state index in [4.69, 9.17) is 5.73 Å². The molecular weight excluding hydrogens is 282 g/mol. The monoisotopic (exact) mass is 303 g/mol. The molecule has 1 aromatic carbocycles. The van der Waals surface area contributed by atoms with E-state index in [-0.39, 0.29) is 11.8 Å². The maximum absolute atomic E-state index is 12.2. The number of anilines is 1. The number of aromatic nitrogens is 1. The van der Waals surface area contributed by atoms with Gasteiger partial charge < -0.3 is 11.1 Å². The molecular formula is C16H21N3OS. The van der Waals surface area contributed by atoms with E-state index in [9.17, 15) is 4.79 Å². The van der Waals surface area contributed by atoms with Crippen molar-refractivity contribution in [3.05, 3.63) is 34.7 Å². The van der Waals surface area contributed by atoms with Gasteiger partial charge in [0.05, 0.1) is 16.6 Å². The van der Waals surface area contributed by atoms with E-state index < -0.39 is 0 Å². The SMILES string of the molecule is CCCC(CN)C(=O)Nc1cccc(-c2csc(C)n2)c1. The first-order chi connectivity index (χ1) is 10.1. The van der Waals surface area contributed by atoms with Gasteiger partial charge in [0.1, 0.15) is 0 Å². The van der Waals surface area contributed by atoms with Gasteiger partial charge in [0.2, 0.25) is 5.91 Å². The second kappa shape index (κ2) is 7.33. The number of hydrogen-bond donors (Lipinski definition) is 2. The number of hydrogen-bond acceptors (Lipinski definition) is 4. The largest absolute Gasteiger partial charge is 0.330 e. The Morgan fingerprint density at radius 2 is 2.29 bits per heavy atom. The Morgan fingerprint density at radius 3 is 2.90 bits per heavy atom. The molecule has 0 aliphatic heterocycles. The molecule has 1 atom stereocenters. The van der Waals surface area contributed by atoms with Crippen LogP contribution in [0.4, 0.5) is 5.69 Å². The van der Waals surface area contributed by atoms with Crippen LogP contribution in [0.2, 0.25) is 0 Å². The number of carbonyl (C=O) groups excluding carboxylic acids is 1. The molecule has 1 amide bonds. The van der Waals surface area contributed by atoms with Gasteiger partial charge in [-0.25, -0.2) is 4.98 Å². The summed E-state index contributed by atoms with van der Waals surface area (Å²) in [4.78, 5) is 16.6. The van der Waals surface area contributed by atoms with E-state index in [1.54, 1.807) is 11.3 Å². The van der Waals surface area contributed by atoms with E-state index in [1.807, 2.05) is 36.6 Å². The van der Waals surface area contributed by atoms with Crippen LogP contribution < -0.4 is 11.1 Å². The van der Waals surface area contributed by atoms with Gasteiger partial charge in [-0.05, 0) is 25.5 Å². The molecule has 21 heavy (non-hydrogen) atoms. The number of rotatable bonds is 6. The summed E-state index contributed by atoms with van der Waals surface area (Å²) in [5.74, 6) is -0.133. The van der Waals surface area contributed by atoms with Crippen molar-refractivity contribution in [3.8, 4) is 11.3 Å². The lowest BCUT2D eigenvalue weighted by atomic mass is 10.0. The van der Waals surface area contributed by atoms with E-state index >= 15 is 0 Å². The topological polar surface area (TPSA) is 68.0 Å². The van der Waals surface area contributed by atoms with E-state index in [2.05, 4.69) is 17.2 Å². The lowest BCUT2D eigenvalue weighted by molar-refractivity contribution is -0.119. The molecule has 0 aliphatic rings.